The highest BCUT2D eigenvalue weighted by Gasteiger charge is 2.20. The van der Waals surface area contributed by atoms with Crippen LogP contribution in [0, 0.1) is 0 Å². The van der Waals surface area contributed by atoms with Gasteiger partial charge in [0.15, 0.2) is 0 Å². The van der Waals surface area contributed by atoms with Gasteiger partial charge in [0.2, 0.25) is 0 Å². The van der Waals surface area contributed by atoms with E-state index >= 15 is 0 Å². The Morgan fingerprint density at radius 1 is 0.957 bits per heavy atom. The lowest BCUT2D eigenvalue weighted by Gasteiger charge is -2.15. The van der Waals surface area contributed by atoms with Crippen LogP contribution < -0.4 is 10.9 Å². The average molecular weight is 302 g/mol. The molecule has 0 atom stereocenters. The van der Waals surface area contributed by atoms with Crippen molar-refractivity contribution >= 4 is 5.82 Å². The zero-order chi connectivity index (χ0) is 15.6. The maximum Gasteiger partial charge on any atom is 0.252 e. The molecule has 0 amide bonds. The Morgan fingerprint density at radius 3 is 2.39 bits per heavy atom. The molecule has 0 radical (unpaired) electrons. The summed E-state index contributed by atoms with van der Waals surface area (Å²) in [5.74, 6) is 0.972. The van der Waals surface area contributed by atoms with Gasteiger partial charge in [-0.05, 0) is 16.7 Å². The second-order valence-electron chi connectivity index (χ2n) is 5.83. The molecule has 2 heterocycles. The summed E-state index contributed by atoms with van der Waals surface area (Å²) in [7, 11) is 0. The number of fused-ring (bicyclic) bond motifs is 1. The van der Waals surface area contributed by atoms with E-state index in [9.17, 15) is 4.79 Å². The van der Waals surface area contributed by atoms with Gasteiger partial charge in [0.1, 0.15) is 5.82 Å². The maximum absolute atomic E-state index is 12.4. The summed E-state index contributed by atoms with van der Waals surface area (Å²) in [6.07, 6.45) is 0.813. The smallest absolute Gasteiger partial charge is 0.252 e. The minimum atomic E-state index is 0.0701. The summed E-state index contributed by atoms with van der Waals surface area (Å²) in [6, 6.07) is 22.3. The number of rotatable bonds is 3. The Hall–Kier alpha value is -2.81. The molecule has 3 heteroatoms. The molecule has 1 aromatic heterocycles. The molecular formula is C20H18N2O. The average Bonchev–Trinajstić information content (AvgIpc) is 3.09. The normalized spacial score (nSPS) is 12.7. The fourth-order valence-corrected chi connectivity index (χ4v) is 3.25. The Balaban J connectivity index is 1.91. The van der Waals surface area contributed by atoms with Gasteiger partial charge in [-0.1, -0.05) is 60.7 Å². The summed E-state index contributed by atoms with van der Waals surface area (Å²) in [5.41, 5.74) is 4.63. The Labute approximate surface area is 135 Å². The van der Waals surface area contributed by atoms with Crippen molar-refractivity contribution in [1.29, 1.82) is 0 Å². The molecule has 3 aromatic rings. The highest BCUT2D eigenvalue weighted by atomic mass is 16.1. The van der Waals surface area contributed by atoms with E-state index in [-0.39, 0.29) is 5.56 Å². The number of pyridine rings is 1. The number of anilines is 1. The third-order valence-electron chi connectivity index (χ3n) is 4.35. The molecule has 0 aliphatic carbocycles. The van der Waals surface area contributed by atoms with Gasteiger partial charge in [-0.3, -0.25) is 9.36 Å². The Bertz CT molecular complexity index is 883. The van der Waals surface area contributed by atoms with Crippen LogP contribution >= 0.6 is 0 Å². The molecule has 1 N–H and O–H groups in total. The topological polar surface area (TPSA) is 34.0 Å². The van der Waals surface area contributed by atoms with Gasteiger partial charge in [0, 0.05) is 31.1 Å². The van der Waals surface area contributed by atoms with Crippen molar-refractivity contribution in [1.82, 2.24) is 4.57 Å². The van der Waals surface area contributed by atoms with E-state index in [0.29, 0.717) is 0 Å². The van der Waals surface area contributed by atoms with Crippen molar-refractivity contribution in [2.45, 2.75) is 13.0 Å². The van der Waals surface area contributed by atoms with Crippen LogP contribution in [0.4, 0.5) is 5.82 Å². The van der Waals surface area contributed by atoms with Crippen molar-refractivity contribution in [3.63, 3.8) is 0 Å². The van der Waals surface area contributed by atoms with Gasteiger partial charge >= 0.3 is 0 Å². The van der Waals surface area contributed by atoms with Gasteiger partial charge in [-0.2, -0.15) is 0 Å². The van der Waals surface area contributed by atoms with Gasteiger partial charge in [0.05, 0.1) is 0 Å². The van der Waals surface area contributed by atoms with E-state index in [1.54, 1.807) is 6.07 Å². The van der Waals surface area contributed by atoms with Crippen molar-refractivity contribution in [2.24, 2.45) is 0 Å². The highest BCUT2D eigenvalue weighted by molar-refractivity contribution is 5.73. The van der Waals surface area contributed by atoms with Crippen LogP contribution in [0.5, 0.6) is 0 Å². The maximum atomic E-state index is 12.4. The molecule has 0 fully saturated rings. The zero-order valence-electron chi connectivity index (χ0n) is 12.8. The third kappa shape index (κ3) is 2.55. The molecule has 23 heavy (non-hydrogen) atoms. The lowest BCUT2D eigenvalue weighted by atomic mass is 9.95. The molecule has 0 bridgehead atoms. The van der Waals surface area contributed by atoms with Crippen molar-refractivity contribution < 1.29 is 0 Å². The molecule has 1 aliphatic rings. The summed E-state index contributed by atoms with van der Waals surface area (Å²) in [4.78, 5) is 12.4. The van der Waals surface area contributed by atoms with Gasteiger partial charge in [-0.15, -0.1) is 0 Å². The summed E-state index contributed by atoms with van der Waals surface area (Å²) < 4.78 is 1.85. The van der Waals surface area contributed by atoms with Crippen LogP contribution in [0.15, 0.2) is 71.5 Å². The summed E-state index contributed by atoms with van der Waals surface area (Å²) in [6.45, 7) is 1.56. The van der Waals surface area contributed by atoms with Gasteiger partial charge < -0.3 is 5.32 Å². The van der Waals surface area contributed by atoms with Gasteiger partial charge in [-0.25, -0.2) is 0 Å². The van der Waals surface area contributed by atoms with E-state index in [1.165, 1.54) is 11.1 Å². The molecule has 114 valence electrons. The van der Waals surface area contributed by atoms with Crippen molar-refractivity contribution in [3.05, 3.63) is 88.2 Å². The second-order valence-corrected chi connectivity index (χ2v) is 5.83. The van der Waals surface area contributed by atoms with E-state index in [2.05, 4.69) is 41.7 Å². The SMILES string of the molecule is O=c1cc(-c2ccccc2)c(Cc2ccccc2)c2n1CCN2. The number of aromatic nitrogens is 1. The van der Waals surface area contributed by atoms with Crippen molar-refractivity contribution in [2.75, 3.05) is 11.9 Å². The van der Waals surface area contributed by atoms with Crippen LogP contribution in [0.3, 0.4) is 0 Å². The Morgan fingerprint density at radius 2 is 1.65 bits per heavy atom. The first-order chi connectivity index (χ1) is 11.3. The molecule has 0 saturated heterocycles. The first-order valence-corrected chi connectivity index (χ1v) is 7.93. The standard InChI is InChI=1S/C20H18N2O/c23-19-14-17(16-9-5-2-6-10-16)18(20-21-11-12-22(19)20)13-15-7-3-1-4-8-15/h1-10,14,21H,11-13H2. The largest absolute Gasteiger partial charge is 0.369 e. The number of nitrogens with zero attached hydrogens (tertiary/aromatic N) is 1. The fraction of sp³-hybridized carbons (Fsp3) is 0.150. The molecule has 1 aliphatic heterocycles. The third-order valence-corrected chi connectivity index (χ3v) is 4.35. The minimum absolute atomic E-state index is 0.0701. The van der Waals surface area contributed by atoms with Crippen LogP contribution in [0.1, 0.15) is 11.1 Å². The first-order valence-electron chi connectivity index (χ1n) is 7.93. The number of benzene rings is 2. The predicted molar refractivity (Wildman–Crippen MR) is 93.9 cm³/mol. The van der Waals surface area contributed by atoms with E-state index in [1.807, 2.05) is 28.8 Å². The van der Waals surface area contributed by atoms with Crippen LogP contribution in [0.25, 0.3) is 11.1 Å². The zero-order valence-corrected chi connectivity index (χ0v) is 12.8. The summed E-state index contributed by atoms with van der Waals surface area (Å²) >= 11 is 0. The van der Waals surface area contributed by atoms with E-state index in [0.717, 1.165) is 36.5 Å². The lowest BCUT2D eigenvalue weighted by molar-refractivity contribution is 0.769. The monoisotopic (exact) mass is 302 g/mol. The molecule has 4 rings (SSSR count). The molecule has 0 saturated carbocycles. The molecule has 3 nitrogen and oxygen atoms in total. The predicted octanol–water partition coefficient (Wildman–Crippen LogP) is 3.53. The lowest BCUT2D eigenvalue weighted by Crippen LogP contribution is -2.19. The van der Waals surface area contributed by atoms with Crippen LogP contribution in [0.2, 0.25) is 0 Å². The second kappa shape index (κ2) is 5.76. The first kappa shape index (κ1) is 13.8. The van der Waals surface area contributed by atoms with Crippen LogP contribution in [-0.4, -0.2) is 11.1 Å². The van der Waals surface area contributed by atoms with E-state index in [4.69, 9.17) is 0 Å². The van der Waals surface area contributed by atoms with Crippen LogP contribution in [-0.2, 0) is 13.0 Å². The molecule has 0 spiro atoms. The Kier molecular flexibility index (Phi) is 3.46. The minimum Gasteiger partial charge on any atom is -0.369 e. The molecule has 2 aromatic carbocycles. The molecular weight excluding hydrogens is 284 g/mol. The summed E-state index contributed by atoms with van der Waals surface area (Å²) in [5, 5.41) is 3.40. The fourth-order valence-electron chi connectivity index (χ4n) is 3.25. The van der Waals surface area contributed by atoms with E-state index < -0.39 is 0 Å². The number of hydrogen-bond donors (Lipinski definition) is 1. The van der Waals surface area contributed by atoms with Gasteiger partial charge in [0.25, 0.3) is 5.56 Å². The molecule has 0 unspecified atom stereocenters. The van der Waals surface area contributed by atoms with Crippen molar-refractivity contribution in [3.8, 4) is 11.1 Å². The quantitative estimate of drug-likeness (QED) is 0.803. The number of nitrogens with one attached hydrogen (secondary N) is 1. The number of hydrogen-bond acceptors (Lipinski definition) is 2. The highest BCUT2D eigenvalue weighted by Crippen LogP contribution is 2.31.